The van der Waals surface area contributed by atoms with Gasteiger partial charge in [0.25, 0.3) is 0 Å². The second-order valence-corrected chi connectivity index (χ2v) is 8.39. The van der Waals surface area contributed by atoms with Crippen LogP contribution in [0.2, 0.25) is 5.02 Å². The Morgan fingerprint density at radius 2 is 1.76 bits per heavy atom. The fourth-order valence-electron chi connectivity index (χ4n) is 3.24. The van der Waals surface area contributed by atoms with Crippen LogP contribution in [0.25, 0.3) is 0 Å². The van der Waals surface area contributed by atoms with Gasteiger partial charge >= 0.3 is 17.8 Å². The number of halogens is 1. The van der Waals surface area contributed by atoms with E-state index >= 15 is 0 Å². The number of amides is 2. The summed E-state index contributed by atoms with van der Waals surface area (Å²) in [6.45, 7) is 6.36. The Balaban J connectivity index is 1.37. The van der Waals surface area contributed by atoms with E-state index in [4.69, 9.17) is 20.8 Å². The summed E-state index contributed by atoms with van der Waals surface area (Å²) >= 11 is 5.92. The van der Waals surface area contributed by atoms with Crippen LogP contribution in [-0.2, 0) is 14.9 Å². The third-order valence-electron chi connectivity index (χ3n) is 5.31. The minimum absolute atomic E-state index is 0.173. The summed E-state index contributed by atoms with van der Waals surface area (Å²) in [5.74, 6) is -0.460. The topological polar surface area (TPSA) is 122 Å². The van der Waals surface area contributed by atoms with Crippen LogP contribution in [0.1, 0.15) is 30.1 Å². The molecule has 11 heteroatoms. The van der Waals surface area contributed by atoms with Crippen molar-refractivity contribution in [2.45, 2.75) is 19.3 Å². The smallest absolute Gasteiger partial charge is 0.322 e. The molecular formula is C22H23ClN6O4. The van der Waals surface area contributed by atoms with E-state index < -0.39 is 11.3 Å². The van der Waals surface area contributed by atoms with Crippen molar-refractivity contribution in [3.8, 4) is 0 Å². The number of ether oxygens (including phenoxy) is 1. The number of aromatic nitrogens is 3. The Morgan fingerprint density at radius 3 is 2.42 bits per heavy atom. The molecular weight excluding hydrogens is 448 g/mol. The third kappa shape index (κ3) is 5.29. The fourth-order valence-corrected chi connectivity index (χ4v) is 3.37. The zero-order valence-electron chi connectivity index (χ0n) is 18.2. The molecule has 172 valence electrons. The minimum atomic E-state index is -0.893. The molecule has 1 fully saturated rings. The monoisotopic (exact) mass is 470 g/mol. The molecule has 0 unspecified atom stereocenters. The fraction of sp³-hybridized carbons (Fsp3) is 0.318. The molecule has 33 heavy (non-hydrogen) atoms. The number of benzene rings is 1. The number of anilines is 3. The number of nitrogens with one attached hydrogen (secondary N) is 2. The summed E-state index contributed by atoms with van der Waals surface area (Å²) in [7, 11) is 0. The molecule has 0 radical (unpaired) electrons. The Kier molecular flexibility index (Phi) is 6.57. The second-order valence-electron chi connectivity index (χ2n) is 7.96. The molecule has 1 aromatic carbocycles. The predicted octanol–water partition coefficient (Wildman–Crippen LogP) is 3.12. The summed E-state index contributed by atoms with van der Waals surface area (Å²) in [6.07, 6.45) is 1.55. The van der Waals surface area contributed by atoms with E-state index in [2.05, 4.69) is 30.7 Å². The maximum Gasteiger partial charge on any atom is 0.322 e. The lowest BCUT2D eigenvalue weighted by atomic mass is 9.84. The second kappa shape index (κ2) is 9.55. The van der Waals surface area contributed by atoms with E-state index in [0.29, 0.717) is 23.9 Å². The Morgan fingerprint density at radius 1 is 1.03 bits per heavy atom. The first-order valence-corrected chi connectivity index (χ1v) is 10.7. The lowest BCUT2D eigenvalue weighted by Crippen LogP contribution is -2.36. The van der Waals surface area contributed by atoms with Crippen LogP contribution in [0, 0.1) is 0 Å². The number of carbonyl (C=O) groups is 2. The van der Waals surface area contributed by atoms with E-state index in [-0.39, 0.29) is 17.8 Å². The molecule has 1 aliphatic rings. The largest absolute Gasteiger partial charge is 0.399 e. The standard InChI is InChI=1S/C22H23ClN6O4/c1-22(2,14-3-5-15(23)6-4-14)20(31)26-21-28-27-19(33-21)18(30)25-16-7-8-17(24-13-16)29-9-11-32-12-10-29/h3-8,13H,9-12H2,1-2H3,(H,25,30)(H,26,28,31). The normalized spacial score (nSPS) is 14.1. The highest BCUT2D eigenvalue weighted by atomic mass is 35.5. The van der Waals surface area contributed by atoms with E-state index in [1.54, 1.807) is 50.4 Å². The highest BCUT2D eigenvalue weighted by Crippen LogP contribution is 2.26. The number of morpholine rings is 1. The highest BCUT2D eigenvalue weighted by molar-refractivity contribution is 6.30. The molecule has 0 saturated carbocycles. The Hall–Kier alpha value is -3.50. The van der Waals surface area contributed by atoms with Crippen molar-refractivity contribution in [1.29, 1.82) is 0 Å². The molecule has 0 aliphatic carbocycles. The molecule has 0 atom stereocenters. The molecule has 2 N–H and O–H groups in total. The average molecular weight is 471 g/mol. The van der Waals surface area contributed by atoms with Crippen molar-refractivity contribution in [1.82, 2.24) is 15.2 Å². The molecule has 1 aliphatic heterocycles. The third-order valence-corrected chi connectivity index (χ3v) is 5.57. The van der Waals surface area contributed by atoms with Crippen LogP contribution in [0.3, 0.4) is 0 Å². The van der Waals surface area contributed by atoms with Gasteiger partial charge in [0.15, 0.2) is 0 Å². The van der Waals surface area contributed by atoms with Crippen molar-refractivity contribution < 1.29 is 18.7 Å². The van der Waals surface area contributed by atoms with E-state index in [1.165, 1.54) is 0 Å². The van der Waals surface area contributed by atoms with Crippen LogP contribution in [0.15, 0.2) is 47.0 Å². The lowest BCUT2D eigenvalue weighted by molar-refractivity contribution is -0.120. The molecule has 2 amide bonds. The molecule has 0 spiro atoms. The average Bonchev–Trinajstić information content (AvgIpc) is 3.29. The van der Waals surface area contributed by atoms with E-state index in [0.717, 1.165) is 24.5 Å². The molecule has 3 heterocycles. The Labute approximate surface area is 195 Å². The summed E-state index contributed by atoms with van der Waals surface area (Å²) in [6, 6.07) is 10.4. The Bertz CT molecular complexity index is 1120. The van der Waals surface area contributed by atoms with Crippen LogP contribution in [0.4, 0.5) is 17.5 Å². The summed E-state index contributed by atoms with van der Waals surface area (Å²) < 4.78 is 10.7. The van der Waals surface area contributed by atoms with Gasteiger partial charge in [0.05, 0.1) is 30.5 Å². The molecule has 4 rings (SSSR count). The summed E-state index contributed by atoms with van der Waals surface area (Å²) in [4.78, 5) is 31.7. The lowest BCUT2D eigenvalue weighted by Gasteiger charge is -2.27. The van der Waals surface area contributed by atoms with Gasteiger partial charge in [0.2, 0.25) is 5.91 Å². The maximum absolute atomic E-state index is 12.8. The van der Waals surface area contributed by atoms with Crippen LogP contribution in [0.5, 0.6) is 0 Å². The number of hydrogen-bond acceptors (Lipinski definition) is 8. The predicted molar refractivity (Wildman–Crippen MR) is 123 cm³/mol. The van der Waals surface area contributed by atoms with Gasteiger partial charge in [-0.15, -0.1) is 5.10 Å². The first-order valence-electron chi connectivity index (χ1n) is 10.3. The minimum Gasteiger partial charge on any atom is -0.399 e. The van der Waals surface area contributed by atoms with Gasteiger partial charge in [0.1, 0.15) is 5.82 Å². The highest BCUT2D eigenvalue weighted by Gasteiger charge is 2.31. The van der Waals surface area contributed by atoms with Crippen molar-refractivity contribution in [3.63, 3.8) is 0 Å². The number of nitrogens with zero attached hydrogens (tertiary/aromatic N) is 4. The van der Waals surface area contributed by atoms with Gasteiger partial charge in [-0.1, -0.05) is 28.8 Å². The number of rotatable bonds is 6. The SMILES string of the molecule is CC(C)(C(=O)Nc1nnc(C(=O)Nc2ccc(N3CCOCC3)nc2)o1)c1ccc(Cl)cc1. The quantitative estimate of drug-likeness (QED) is 0.563. The van der Waals surface area contributed by atoms with Crippen LogP contribution >= 0.6 is 11.6 Å². The summed E-state index contributed by atoms with van der Waals surface area (Å²) in [5.41, 5.74) is 0.342. The van der Waals surface area contributed by atoms with Crippen molar-refractivity contribution >= 4 is 40.9 Å². The van der Waals surface area contributed by atoms with Crippen molar-refractivity contribution in [3.05, 3.63) is 59.1 Å². The number of hydrogen-bond donors (Lipinski definition) is 2. The molecule has 10 nitrogen and oxygen atoms in total. The van der Waals surface area contributed by atoms with E-state index in [9.17, 15) is 9.59 Å². The van der Waals surface area contributed by atoms with Gasteiger partial charge in [-0.2, -0.15) is 0 Å². The van der Waals surface area contributed by atoms with Crippen molar-refractivity contribution in [2.24, 2.45) is 0 Å². The number of carbonyl (C=O) groups excluding carboxylic acids is 2. The molecule has 0 bridgehead atoms. The first kappa shape index (κ1) is 22.7. The zero-order valence-corrected chi connectivity index (χ0v) is 18.9. The van der Waals surface area contributed by atoms with Crippen LogP contribution < -0.4 is 15.5 Å². The van der Waals surface area contributed by atoms with Crippen LogP contribution in [-0.4, -0.2) is 53.3 Å². The maximum atomic E-state index is 12.8. The number of pyridine rings is 1. The van der Waals surface area contributed by atoms with Gasteiger partial charge < -0.3 is 19.4 Å². The summed E-state index contributed by atoms with van der Waals surface area (Å²) in [5, 5.41) is 13.3. The van der Waals surface area contributed by atoms with Gasteiger partial charge in [-0.25, -0.2) is 4.98 Å². The molecule has 2 aromatic heterocycles. The molecule has 1 saturated heterocycles. The van der Waals surface area contributed by atoms with E-state index in [1.807, 2.05) is 6.07 Å². The first-order chi connectivity index (χ1) is 15.8. The van der Waals surface area contributed by atoms with Gasteiger partial charge in [-0.3, -0.25) is 14.9 Å². The van der Waals surface area contributed by atoms with Crippen molar-refractivity contribution in [2.75, 3.05) is 41.8 Å². The zero-order chi connectivity index (χ0) is 23.4. The van der Waals surface area contributed by atoms with Gasteiger partial charge in [-0.05, 0) is 43.7 Å². The van der Waals surface area contributed by atoms with Gasteiger partial charge in [0, 0.05) is 18.1 Å². The molecule has 3 aromatic rings.